The van der Waals surface area contributed by atoms with E-state index in [1.54, 1.807) is 7.11 Å². The molecule has 31 heavy (non-hydrogen) atoms. The highest BCUT2D eigenvalue weighted by molar-refractivity contribution is 9.10. The lowest BCUT2D eigenvalue weighted by Crippen LogP contribution is -2.42. The van der Waals surface area contributed by atoms with Crippen molar-refractivity contribution in [3.05, 3.63) is 81.2 Å². The number of benzene rings is 2. The lowest BCUT2D eigenvalue weighted by molar-refractivity contribution is -0.118. The van der Waals surface area contributed by atoms with Crippen LogP contribution in [0.15, 0.2) is 75.7 Å². The number of nitriles is 1. The molecule has 0 saturated heterocycles. The summed E-state index contributed by atoms with van der Waals surface area (Å²) in [6.45, 7) is 4.18. The summed E-state index contributed by atoms with van der Waals surface area (Å²) in [4.78, 5) is 15.3. The maximum Gasteiger partial charge on any atom is 0.162 e. The second kappa shape index (κ2) is 7.90. The minimum Gasteiger partial charge on any atom is -0.497 e. The quantitative estimate of drug-likeness (QED) is 0.639. The van der Waals surface area contributed by atoms with Gasteiger partial charge in [0.25, 0.3) is 0 Å². The fraction of sp³-hybridized carbons (Fsp3) is 0.280. The topological polar surface area (TPSA) is 79.3 Å². The van der Waals surface area contributed by atoms with Gasteiger partial charge in [0.15, 0.2) is 5.78 Å². The van der Waals surface area contributed by atoms with Gasteiger partial charge in [-0.05, 0) is 53.8 Å². The van der Waals surface area contributed by atoms with Crippen molar-refractivity contribution >= 4 is 27.4 Å². The summed E-state index contributed by atoms with van der Waals surface area (Å²) in [6.07, 6.45) is 1.13. The van der Waals surface area contributed by atoms with Crippen LogP contribution in [0.3, 0.4) is 0 Å². The summed E-state index contributed by atoms with van der Waals surface area (Å²) in [5, 5.41) is 10.1. The van der Waals surface area contributed by atoms with E-state index in [1.807, 2.05) is 53.4 Å². The Bertz CT molecular complexity index is 1140. The summed E-state index contributed by atoms with van der Waals surface area (Å²) < 4.78 is 6.22. The maximum atomic E-state index is 13.5. The molecule has 6 heteroatoms. The number of carbonyl (C=O) groups excluding carboxylic acids is 1. The predicted molar refractivity (Wildman–Crippen MR) is 124 cm³/mol. The van der Waals surface area contributed by atoms with Gasteiger partial charge in [0.2, 0.25) is 0 Å². The number of methoxy groups -OCH3 is 1. The van der Waals surface area contributed by atoms with Crippen LogP contribution in [-0.4, -0.2) is 12.9 Å². The number of hydrogen-bond acceptors (Lipinski definition) is 5. The van der Waals surface area contributed by atoms with Crippen molar-refractivity contribution in [2.45, 2.75) is 32.6 Å². The molecule has 0 bridgehead atoms. The average molecular weight is 478 g/mol. The summed E-state index contributed by atoms with van der Waals surface area (Å²) in [6, 6.07) is 17.5. The van der Waals surface area contributed by atoms with Crippen LogP contribution >= 0.6 is 15.9 Å². The van der Waals surface area contributed by atoms with Crippen molar-refractivity contribution in [3.8, 4) is 11.8 Å². The Morgan fingerprint density at radius 1 is 1.13 bits per heavy atom. The van der Waals surface area contributed by atoms with Crippen LogP contribution in [0.25, 0.3) is 0 Å². The summed E-state index contributed by atoms with van der Waals surface area (Å²) >= 11 is 3.46. The number of carbonyl (C=O) groups is 1. The zero-order valence-electron chi connectivity index (χ0n) is 17.8. The van der Waals surface area contributed by atoms with E-state index in [0.29, 0.717) is 29.8 Å². The maximum absolute atomic E-state index is 13.5. The molecule has 2 aromatic rings. The smallest absolute Gasteiger partial charge is 0.162 e. The third kappa shape index (κ3) is 3.75. The molecule has 2 aromatic carbocycles. The molecule has 2 N–H and O–H groups in total. The van der Waals surface area contributed by atoms with Gasteiger partial charge in [-0.3, -0.25) is 9.69 Å². The molecule has 0 radical (unpaired) electrons. The van der Waals surface area contributed by atoms with E-state index >= 15 is 0 Å². The number of Topliss-reactive ketones (excluding diaryl/α,β-unsaturated/α-hetero) is 1. The van der Waals surface area contributed by atoms with E-state index in [9.17, 15) is 10.1 Å². The fourth-order valence-electron chi connectivity index (χ4n) is 4.52. The zero-order chi connectivity index (χ0) is 22.3. The number of anilines is 1. The van der Waals surface area contributed by atoms with E-state index in [0.717, 1.165) is 27.2 Å². The molecule has 0 saturated carbocycles. The van der Waals surface area contributed by atoms with Crippen LogP contribution < -0.4 is 15.4 Å². The highest BCUT2D eigenvalue weighted by Crippen LogP contribution is 2.50. The highest BCUT2D eigenvalue weighted by Gasteiger charge is 2.44. The Morgan fingerprint density at radius 3 is 2.35 bits per heavy atom. The van der Waals surface area contributed by atoms with Crippen molar-refractivity contribution in [2.75, 3.05) is 12.0 Å². The Labute approximate surface area is 190 Å². The first-order chi connectivity index (χ1) is 14.8. The molecule has 4 rings (SSSR count). The van der Waals surface area contributed by atoms with E-state index in [1.165, 1.54) is 0 Å². The summed E-state index contributed by atoms with van der Waals surface area (Å²) in [7, 11) is 1.61. The van der Waals surface area contributed by atoms with Crippen LogP contribution in [-0.2, 0) is 4.79 Å². The molecule has 158 valence electrons. The SMILES string of the molecule is COc1ccc(N2C(N)=C(C#N)C(c3ccc(Br)cc3)C3=C2CC(C)(C)CC3=O)cc1. The van der Waals surface area contributed by atoms with Gasteiger partial charge in [-0.15, -0.1) is 0 Å². The number of ether oxygens (including phenoxy) is 1. The monoisotopic (exact) mass is 477 g/mol. The van der Waals surface area contributed by atoms with Gasteiger partial charge in [0.05, 0.1) is 24.7 Å². The Balaban J connectivity index is 1.96. The first-order valence-electron chi connectivity index (χ1n) is 10.1. The molecule has 1 aliphatic carbocycles. The highest BCUT2D eigenvalue weighted by atomic mass is 79.9. The largest absolute Gasteiger partial charge is 0.497 e. The molecular formula is C25H24BrN3O2. The minimum absolute atomic E-state index is 0.0675. The third-order valence-corrected chi connectivity index (χ3v) is 6.44. The van der Waals surface area contributed by atoms with E-state index in [2.05, 4.69) is 35.8 Å². The van der Waals surface area contributed by atoms with Gasteiger partial charge in [0.1, 0.15) is 11.6 Å². The van der Waals surface area contributed by atoms with Crippen LogP contribution in [0.5, 0.6) is 5.75 Å². The minimum atomic E-state index is -0.466. The standard InChI is InChI=1S/C25H24BrN3O2/c1-25(2)12-20-23(21(30)13-25)22(15-4-6-16(26)7-5-15)19(14-27)24(28)29(20)17-8-10-18(31-3)11-9-17/h4-11,22H,12-13,28H2,1-3H3. The van der Waals surface area contributed by atoms with Crippen LogP contribution in [0.4, 0.5) is 5.69 Å². The number of rotatable bonds is 3. The number of nitrogens with zero attached hydrogens (tertiary/aromatic N) is 2. The van der Waals surface area contributed by atoms with E-state index in [-0.39, 0.29) is 11.2 Å². The van der Waals surface area contributed by atoms with Gasteiger partial charge >= 0.3 is 0 Å². The first-order valence-corrected chi connectivity index (χ1v) is 10.9. The molecule has 5 nitrogen and oxygen atoms in total. The number of hydrogen-bond donors (Lipinski definition) is 1. The Kier molecular flexibility index (Phi) is 5.40. The lowest BCUT2D eigenvalue weighted by atomic mass is 9.68. The molecule has 1 aliphatic heterocycles. The normalized spacial score (nSPS) is 20.4. The van der Waals surface area contributed by atoms with Crippen molar-refractivity contribution in [1.82, 2.24) is 0 Å². The molecule has 2 aliphatic rings. The third-order valence-electron chi connectivity index (χ3n) is 5.91. The van der Waals surface area contributed by atoms with Crippen LogP contribution in [0.1, 0.15) is 38.2 Å². The number of nitrogens with two attached hydrogens (primary N) is 1. The molecular weight excluding hydrogens is 454 g/mol. The van der Waals surface area contributed by atoms with Crippen molar-refractivity contribution in [1.29, 1.82) is 5.26 Å². The molecule has 0 fully saturated rings. The van der Waals surface area contributed by atoms with Crippen LogP contribution in [0.2, 0.25) is 0 Å². The van der Waals surface area contributed by atoms with Gasteiger partial charge in [-0.2, -0.15) is 5.26 Å². The Hall–Kier alpha value is -3.04. The lowest BCUT2D eigenvalue weighted by Gasteiger charge is -2.43. The molecule has 1 heterocycles. The predicted octanol–water partition coefficient (Wildman–Crippen LogP) is 5.40. The van der Waals surface area contributed by atoms with Crippen molar-refractivity contribution < 1.29 is 9.53 Å². The average Bonchev–Trinajstić information content (AvgIpc) is 2.73. The second-order valence-corrected chi connectivity index (χ2v) is 9.65. The summed E-state index contributed by atoms with van der Waals surface area (Å²) in [5.41, 5.74) is 10.1. The van der Waals surface area contributed by atoms with Gasteiger partial charge in [-0.1, -0.05) is 41.9 Å². The first kappa shape index (κ1) is 21.2. The fourth-order valence-corrected chi connectivity index (χ4v) is 4.79. The number of allylic oxidation sites excluding steroid dienone is 3. The molecule has 0 spiro atoms. The molecule has 0 amide bonds. The van der Waals surface area contributed by atoms with E-state index < -0.39 is 5.92 Å². The van der Waals surface area contributed by atoms with Crippen molar-refractivity contribution in [3.63, 3.8) is 0 Å². The summed E-state index contributed by atoms with van der Waals surface area (Å²) in [5.74, 6) is 0.694. The molecule has 1 unspecified atom stereocenters. The van der Waals surface area contributed by atoms with Crippen LogP contribution in [0, 0.1) is 16.7 Å². The Morgan fingerprint density at radius 2 is 1.77 bits per heavy atom. The number of halogens is 1. The van der Waals surface area contributed by atoms with Gasteiger partial charge in [0, 0.05) is 27.9 Å². The number of ketones is 1. The van der Waals surface area contributed by atoms with Crippen molar-refractivity contribution in [2.24, 2.45) is 11.1 Å². The van der Waals surface area contributed by atoms with Gasteiger partial charge in [-0.25, -0.2) is 0 Å². The van der Waals surface area contributed by atoms with Gasteiger partial charge < -0.3 is 10.5 Å². The second-order valence-electron chi connectivity index (χ2n) is 8.73. The molecule has 1 atom stereocenters. The van der Waals surface area contributed by atoms with E-state index in [4.69, 9.17) is 10.5 Å². The zero-order valence-corrected chi connectivity index (χ0v) is 19.4. The molecule has 0 aromatic heterocycles.